The number of aryl methyl sites for hydroxylation is 1. The molecule has 172 valence electrons. The molecule has 3 aromatic rings. The fourth-order valence-electron chi connectivity index (χ4n) is 3.62. The number of para-hydroxylation sites is 3. The van der Waals surface area contributed by atoms with Crippen LogP contribution in [0.3, 0.4) is 0 Å². The summed E-state index contributed by atoms with van der Waals surface area (Å²) in [5.41, 5.74) is 1.99. The number of carbonyl (C=O) groups excluding carboxylic acids is 1. The fourth-order valence-corrected chi connectivity index (χ4v) is 3.62. The van der Waals surface area contributed by atoms with E-state index in [1.807, 2.05) is 55.5 Å². The zero-order chi connectivity index (χ0) is 23.2. The second-order valence-electron chi connectivity index (χ2n) is 7.57. The second kappa shape index (κ2) is 10.2. The molecule has 1 heterocycles. The van der Waals surface area contributed by atoms with Crippen LogP contribution in [0.1, 0.15) is 17.2 Å². The summed E-state index contributed by atoms with van der Waals surface area (Å²) in [5, 5.41) is 2.89. The average Bonchev–Trinajstić information content (AvgIpc) is 2.86. The predicted octanol–water partition coefficient (Wildman–Crippen LogP) is 4.09. The molecule has 2 atom stereocenters. The first-order valence-electron chi connectivity index (χ1n) is 10.7. The number of methoxy groups -OCH3 is 2. The standard InChI is InChI=1S/C26H27NO6/c1-17-11-13-18(14-12-17)23-25(33-20-8-5-4-7-19(20)32-23)26(28)27-15-16-31-24-21(29-2)9-6-10-22(24)30-3/h4-14,23,25H,15-16H2,1-3H3,(H,27,28)/t23-,25+/m1/s1. The maximum Gasteiger partial charge on any atom is 0.265 e. The summed E-state index contributed by atoms with van der Waals surface area (Å²) in [6.07, 6.45) is -1.42. The Hall–Kier alpha value is -3.87. The van der Waals surface area contributed by atoms with Crippen LogP contribution in [0.5, 0.6) is 28.7 Å². The first kappa shape index (κ1) is 22.3. The number of fused-ring (bicyclic) bond motifs is 1. The van der Waals surface area contributed by atoms with E-state index in [2.05, 4.69) is 5.32 Å². The van der Waals surface area contributed by atoms with Gasteiger partial charge in [-0.2, -0.15) is 0 Å². The molecule has 0 aliphatic carbocycles. The van der Waals surface area contributed by atoms with Crippen molar-refractivity contribution in [2.45, 2.75) is 19.1 Å². The first-order valence-corrected chi connectivity index (χ1v) is 10.7. The normalized spacial score (nSPS) is 16.6. The van der Waals surface area contributed by atoms with Crippen molar-refractivity contribution in [3.8, 4) is 28.7 Å². The molecular formula is C26H27NO6. The molecule has 0 radical (unpaired) electrons. The molecule has 0 spiro atoms. The van der Waals surface area contributed by atoms with Gasteiger partial charge in [-0.05, 0) is 36.8 Å². The van der Waals surface area contributed by atoms with Crippen molar-refractivity contribution in [3.05, 3.63) is 77.9 Å². The second-order valence-corrected chi connectivity index (χ2v) is 7.57. The van der Waals surface area contributed by atoms with E-state index in [0.717, 1.165) is 11.1 Å². The summed E-state index contributed by atoms with van der Waals surface area (Å²) in [7, 11) is 3.12. The van der Waals surface area contributed by atoms with Gasteiger partial charge in [0.05, 0.1) is 20.8 Å². The van der Waals surface area contributed by atoms with Crippen LogP contribution in [0, 0.1) is 6.92 Å². The summed E-state index contributed by atoms with van der Waals surface area (Å²) in [5.74, 6) is 2.46. The van der Waals surface area contributed by atoms with Crippen LogP contribution in [0.15, 0.2) is 66.7 Å². The molecule has 0 bridgehead atoms. The molecule has 1 amide bonds. The Morgan fingerprint density at radius 2 is 1.52 bits per heavy atom. The van der Waals surface area contributed by atoms with Gasteiger partial charge in [0.1, 0.15) is 6.61 Å². The van der Waals surface area contributed by atoms with Gasteiger partial charge in [-0.15, -0.1) is 0 Å². The number of nitrogens with one attached hydrogen (secondary N) is 1. The fraction of sp³-hybridized carbons (Fsp3) is 0.269. The molecule has 1 N–H and O–H groups in total. The molecule has 0 aromatic heterocycles. The van der Waals surface area contributed by atoms with Crippen molar-refractivity contribution in [2.24, 2.45) is 0 Å². The van der Waals surface area contributed by atoms with Gasteiger partial charge in [0, 0.05) is 0 Å². The maximum absolute atomic E-state index is 13.1. The third-order valence-corrected chi connectivity index (χ3v) is 5.33. The van der Waals surface area contributed by atoms with Crippen LogP contribution in [-0.4, -0.2) is 39.4 Å². The smallest absolute Gasteiger partial charge is 0.265 e. The lowest BCUT2D eigenvalue weighted by molar-refractivity contribution is -0.134. The number of benzene rings is 3. The van der Waals surface area contributed by atoms with Crippen molar-refractivity contribution >= 4 is 5.91 Å². The third kappa shape index (κ3) is 4.98. The van der Waals surface area contributed by atoms with Gasteiger partial charge in [0.25, 0.3) is 5.91 Å². The summed E-state index contributed by atoms with van der Waals surface area (Å²) in [6, 6.07) is 20.6. The van der Waals surface area contributed by atoms with Gasteiger partial charge in [-0.25, -0.2) is 0 Å². The topological polar surface area (TPSA) is 75.2 Å². The summed E-state index contributed by atoms with van der Waals surface area (Å²) in [4.78, 5) is 13.1. The monoisotopic (exact) mass is 449 g/mol. The molecule has 3 aromatic carbocycles. The highest BCUT2D eigenvalue weighted by Gasteiger charge is 2.38. The molecule has 0 saturated heterocycles. The molecule has 33 heavy (non-hydrogen) atoms. The van der Waals surface area contributed by atoms with Crippen LogP contribution < -0.4 is 29.0 Å². The Balaban J connectivity index is 1.44. The van der Waals surface area contributed by atoms with Crippen LogP contribution in [0.25, 0.3) is 0 Å². The molecule has 1 aliphatic heterocycles. The SMILES string of the molecule is COc1cccc(OC)c1OCCNC(=O)[C@H]1Oc2ccccc2O[C@@H]1c1ccc(C)cc1. The summed E-state index contributed by atoms with van der Waals surface area (Å²) < 4.78 is 28.7. The minimum atomic E-state index is -0.844. The van der Waals surface area contributed by atoms with Gasteiger partial charge < -0.3 is 29.0 Å². The Labute approximate surface area is 193 Å². The van der Waals surface area contributed by atoms with E-state index in [4.69, 9.17) is 23.7 Å². The van der Waals surface area contributed by atoms with Crippen molar-refractivity contribution in [1.29, 1.82) is 0 Å². The maximum atomic E-state index is 13.1. The van der Waals surface area contributed by atoms with Crippen molar-refractivity contribution in [2.75, 3.05) is 27.4 Å². The molecule has 0 unspecified atom stereocenters. The molecule has 0 saturated carbocycles. The average molecular weight is 450 g/mol. The van der Waals surface area contributed by atoms with Crippen LogP contribution >= 0.6 is 0 Å². The van der Waals surface area contributed by atoms with E-state index in [1.165, 1.54) is 0 Å². The lowest BCUT2D eigenvalue weighted by Gasteiger charge is -2.33. The highest BCUT2D eigenvalue weighted by molar-refractivity contribution is 5.82. The van der Waals surface area contributed by atoms with Crippen molar-refractivity contribution in [1.82, 2.24) is 5.32 Å². The van der Waals surface area contributed by atoms with Crippen LogP contribution in [0.2, 0.25) is 0 Å². The Morgan fingerprint density at radius 3 is 2.15 bits per heavy atom. The number of carbonyl (C=O) groups is 1. The molecular weight excluding hydrogens is 422 g/mol. The number of ether oxygens (including phenoxy) is 5. The van der Waals surface area contributed by atoms with E-state index in [0.29, 0.717) is 28.7 Å². The van der Waals surface area contributed by atoms with Gasteiger partial charge in [-0.1, -0.05) is 48.0 Å². The van der Waals surface area contributed by atoms with Gasteiger partial charge >= 0.3 is 0 Å². The van der Waals surface area contributed by atoms with E-state index >= 15 is 0 Å². The Morgan fingerprint density at radius 1 is 0.879 bits per heavy atom. The zero-order valence-electron chi connectivity index (χ0n) is 18.9. The van der Waals surface area contributed by atoms with E-state index in [1.54, 1.807) is 32.4 Å². The number of rotatable bonds is 8. The molecule has 7 nitrogen and oxygen atoms in total. The minimum Gasteiger partial charge on any atom is -0.493 e. The van der Waals surface area contributed by atoms with Gasteiger partial charge in [-0.3, -0.25) is 4.79 Å². The quantitative estimate of drug-likeness (QED) is 0.522. The number of hydrogen-bond donors (Lipinski definition) is 1. The molecule has 4 rings (SSSR count). The molecule has 7 heteroatoms. The lowest BCUT2D eigenvalue weighted by Crippen LogP contribution is -2.46. The number of amides is 1. The first-order chi connectivity index (χ1) is 16.1. The minimum absolute atomic E-state index is 0.224. The lowest BCUT2D eigenvalue weighted by atomic mass is 10.0. The highest BCUT2D eigenvalue weighted by Crippen LogP contribution is 2.39. The van der Waals surface area contributed by atoms with Gasteiger partial charge in [0.2, 0.25) is 11.9 Å². The van der Waals surface area contributed by atoms with Crippen molar-refractivity contribution in [3.63, 3.8) is 0 Å². The van der Waals surface area contributed by atoms with E-state index in [-0.39, 0.29) is 19.1 Å². The van der Waals surface area contributed by atoms with E-state index < -0.39 is 12.2 Å². The van der Waals surface area contributed by atoms with Crippen LogP contribution in [-0.2, 0) is 4.79 Å². The molecule has 0 fully saturated rings. The van der Waals surface area contributed by atoms with Crippen LogP contribution in [0.4, 0.5) is 0 Å². The molecule has 1 aliphatic rings. The highest BCUT2D eigenvalue weighted by atomic mass is 16.6. The Bertz CT molecular complexity index is 1080. The van der Waals surface area contributed by atoms with Crippen molar-refractivity contribution < 1.29 is 28.5 Å². The van der Waals surface area contributed by atoms with Gasteiger partial charge in [0.15, 0.2) is 29.1 Å². The summed E-state index contributed by atoms with van der Waals surface area (Å²) in [6.45, 7) is 2.50. The number of hydrogen-bond acceptors (Lipinski definition) is 6. The Kier molecular flexibility index (Phi) is 6.88. The van der Waals surface area contributed by atoms with E-state index in [9.17, 15) is 4.79 Å². The predicted molar refractivity (Wildman–Crippen MR) is 123 cm³/mol. The summed E-state index contributed by atoms with van der Waals surface area (Å²) >= 11 is 0. The zero-order valence-corrected chi connectivity index (χ0v) is 18.9. The largest absolute Gasteiger partial charge is 0.493 e. The third-order valence-electron chi connectivity index (χ3n) is 5.33.